The third-order valence-corrected chi connectivity index (χ3v) is 3.25. The third-order valence-electron chi connectivity index (χ3n) is 3.25. The zero-order valence-electron chi connectivity index (χ0n) is 9.56. The van der Waals surface area contributed by atoms with Crippen molar-refractivity contribution in [2.24, 2.45) is 5.92 Å². The van der Waals surface area contributed by atoms with Crippen molar-refractivity contribution in [3.8, 4) is 0 Å². The van der Waals surface area contributed by atoms with Gasteiger partial charge in [-0.05, 0) is 33.1 Å². The van der Waals surface area contributed by atoms with Gasteiger partial charge in [-0.3, -0.25) is 9.59 Å². The topological polar surface area (TPSA) is 57.6 Å². The van der Waals surface area contributed by atoms with Crippen molar-refractivity contribution in [2.75, 3.05) is 0 Å². The molecule has 1 heterocycles. The molecule has 1 N–H and O–H groups in total. The number of amides is 1. The number of carbonyl (C=O) groups excluding carboxylic acids is 1. The fourth-order valence-electron chi connectivity index (χ4n) is 2.20. The summed E-state index contributed by atoms with van der Waals surface area (Å²) in [6.07, 6.45) is 2.88. The highest BCUT2D eigenvalue weighted by molar-refractivity contribution is 5.96. The molecule has 1 saturated heterocycles. The Morgan fingerprint density at radius 3 is 2.53 bits per heavy atom. The van der Waals surface area contributed by atoms with Crippen molar-refractivity contribution >= 4 is 11.9 Å². The van der Waals surface area contributed by atoms with Crippen LogP contribution in [0.25, 0.3) is 0 Å². The molecular weight excluding hydrogens is 194 g/mol. The lowest BCUT2D eigenvalue weighted by molar-refractivity contribution is -0.151. The Morgan fingerprint density at radius 2 is 2.07 bits per heavy atom. The van der Waals surface area contributed by atoms with Gasteiger partial charge in [-0.15, -0.1) is 0 Å². The number of carboxylic acids is 1. The van der Waals surface area contributed by atoms with Gasteiger partial charge in [0.2, 0.25) is 5.91 Å². The Labute approximate surface area is 90.3 Å². The van der Waals surface area contributed by atoms with E-state index < -0.39 is 11.9 Å². The lowest BCUT2D eigenvalue weighted by Gasteiger charge is -2.29. The quantitative estimate of drug-likeness (QED) is 0.723. The van der Waals surface area contributed by atoms with Crippen molar-refractivity contribution < 1.29 is 14.7 Å². The summed E-state index contributed by atoms with van der Waals surface area (Å²) < 4.78 is 0. The van der Waals surface area contributed by atoms with E-state index in [4.69, 9.17) is 5.11 Å². The largest absolute Gasteiger partial charge is 0.481 e. The first-order valence-corrected chi connectivity index (χ1v) is 5.54. The summed E-state index contributed by atoms with van der Waals surface area (Å²) in [5, 5.41) is 8.81. The van der Waals surface area contributed by atoms with Crippen LogP contribution in [0.2, 0.25) is 0 Å². The summed E-state index contributed by atoms with van der Waals surface area (Å²) in [5.74, 6) is -2.19. The van der Waals surface area contributed by atoms with Gasteiger partial charge in [0.05, 0.1) is 0 Å². The molecule has 1 aliphatic heterocycles. The maximum Gasteiger partial charge on any atom is 0.315 e. The number of nitrogens with zero attached hydrogens (tertiary/aromatic N) is 1. The fraction of sp³-hybridized carbons (Fsp3) is 0.818. The van der Waals surface area contributed by atoms with Crippen molar-refractivity contribution in [3.05, 3.63) is 0 Å². The minimum Gasteiger partial charge on any atom is -0.481 e. The molecule has 1 rings (SSSR count). The first-order valence-electron chi connectivity index (χ1n) is 5.54. The summed E-state index contributed by atoms with van der Waals surface area (Å²) in [7, 11) is 0. The second-order valence-corrected chi connectivity index (χ2v) is 4.29. The monoisotopic (exact) mass is 213 g/mol. The number of aliphatic carboxylic acids is 1. The number of rotatable bonds is 3. The van der Waals surface area contributed by atoms with Crippen LogP contribution >= 0.6 is 0 Å². The number of hydrogen-bond acceptors (Lipinski definition) is 2. The lowest BCUT2D eigenvalue weighted by atomic mass is 10.1. The molecule has 0 aromatic heterocycles. The van der Waals surface area contributed by atoms with Crippen LogP contribution in [-0.4, -0.2) is 34.0 Å². The number of hydrogen-bond donors (Lipinski definition) is 1. The van der Waals surface area contributed by atoms with E-state index in [9.17, 15) is 9.59 Å². The van der Waals surface area contributed by atoms with Crippen molar-refractivity contribution in [2.45, 2.75) is 52.1 Å². The molecular formula is C11H19NO3. The summed E-state index contributed by atoms with van der Waals surface area (Å²) in [6, 6.07) is 0.415. The predicted octanol–water partition coefficient (Wildman–Crippen LogP) is 1.50. The minimum atomic E-state index is -1.03. The number of carboxylic acid groups (broad SMARTS) is 1. The maximum absolute atomic E-state index is 11.9. The summed E-state index contributed by atoms with van der Waals surface area (Å²) >= 11 is 0. The van der Waals surface area contributed by atoms with Gasteiger partial charge >= 0.3 is 5.97 Å². The molecule has 4 nitrogen and oxygen atoms in total. The van der Waals surface area contributed by atoms with Gasteiger partial charge in [-0.1, -0.05) is 6.92 Å². The normalized spacial score (nSPS) is 27.8. The van der Waals surface area contributed by atoms with Crippen LogP contribution in [0.5, 0.6) is 0 Å². The van der Waals surface area contributed by atoms with E-state index in [1.54, 1.807) is 4.90 Å². The Morgan fingerprint density at radius 1 is 1.47 bits per heavy atom. The minimum absolute atomic E-state index is 0.184. The highest BCUT2D eigenvalue weighted by Crippen LogP contribution is 2.27. The Kier molecular flexibility index (Phi) is 3.72. The van der Waals surface area contributed by atoms with Crippen molar-refractivity contribution in [3.63, 3.8) is 0 Å². The molecule has 1 amide bonds. The van der Waals surface area contributed by atoms with Gasteiger partial charge in [-0.2, -0.15) is 0 Å². The average molecular weight is 213 g/mol. The molecule has 86 valence electrons. The van der Waals surface area contributed by atoms with Gasteiger partial charge in [0.1, 0.15) is 5.92 Å². The highest BCUT2D eigenvalue weighted by atomic mass is 16.4. The second kappa shape index (κ2) is 4.64. The van der Waals surface area contributed by atoms with Gasteiger partial charge in [0.25, 0.3) is 0 Å². The van der Waals surface area contributed by atoms with Crippen LogP contribution in [0, 0.1) is 5.92 Å². The Hall–Kier alpha value is -1.06. The van der Waals surface area contributed by atoms with E-state index in [-0.39, 0.29) is 18.0 Å². The zero-order chi connectivity index (χ0) is 11.6. The first kappa shape index (κ1) is 12.0. The molecule has 0 spiro atoms. The standard InChI is InChI=1S/C11H19NO3/c1-4-9-6-5-7(2)12(9)10(13)8(3)11(14)15/h7-9H,4-6H2,1-3H3,(H,14,15). The molecule has 0 aromatic rings. The summed E-state index contributed by atoms with van der Waals surface area (Å²) in [6.45, 7) is 5.49. The van der Waals surface area contributed by atoms with Crippen molar-refractivity contribution in [1.82, 2.24) is 4.90 Å². The molecule has 3 atom stereocenters. The molecule has 1 fully saturated rings. The van der Waals surface area contributed by atoms with E-state index in [0.717, 1.165) is 19.3 Å². The maximum atomic E-state index is 11.9. The zero-order valence-corrected chi connectivity index (χ0v) is 9.56. The average Bonchev–Trinajstić information content (AvgIpc) is 2.57. The smallest absolute Gasteiger partial charge is 0.315 e. The van der Waals surface area contributed by atoms with Crippen LogP contribution in [-0.2, 0) is 9.59 Å². The molecule has 0 bridgehead atoms. The van der Waals surface area contributed by atoms with Crippen LogP contribution in [0.1, 0.15) is 40.0 Å². The van der Waals surface area contributed by atoms with E-state index in [0.29, 0.717) is 0 Å². The Bertz CT molecular complexity index is 265. The molecule has 0 saturated carbocycles. The molecule has 0 aliphatic carbocycles. The van der Waals surface area contributed by atoms with Gasteiger partial charge in [0, 0.05) is 12.1 Å². The predicted molar refractivity (Wildman–Crippen MR) is 56.4 cm³/mol. The van der Waals surface area contributed by atoms with Crippen molar-refractivity contribution in [1.29, 1.82) is 0 Å². The first-order chi connectivity index (χ1) is 6.99. The third kappa shape index (κ3) is 2.30. The van der Waals surface area contributed by atoms with Crippen LogP contribution < -0.4 is 0 Å². The van der Waals surface area contributed by atoms with Crippen LogP contribution in [0.15, 0.2) is 0 Å². The fourth-order valence-corrected chi connectivity index (χ4v) is 2.20. The molecule has 1 aliphatic rings. The van der Waals surface area contributed by atoms with E-state index in [1.807, 2.05) is 13.8 Å². The molecule has 4 heteroatoms. The lowest BCUT2D eigenvalue weighted by Crippen LogP contribution is -2.44. The van der Waals surface area contributed by atoms with Gasteiger partial charge in [-0.25, -0.2) is 0 Å². The van der Waals surface area contributed by atoms with Gasteiger partial charge in [0.15, 0.2) is 0 Å². The van der Waals surface area contributed by atoms with Crippen LogP contribution in [0.3, 0.4) is 0 Å². The Balaban J connectivity index is 2.76. The molecule has 3 unspecified atom stereocenters. The summed E-state index contributed by atoms with van der Waals surface area (Å²) in [4.78, 5) is 24.4. The van der Waals surface area contributed by atoms with E-state index in [1.165, 1.54) is 6.92 Å². The highest BCUT2D eigenvalue weighted by Gasteiger charge is 2.37. The summed E-state index contributed by atoms with van der Waals surface area (Å²) in [5.41, 5.74) is 0. The second-order valence-electron chi connectivity index (χ2n) is 4.29. The van der Waals surface area contributed by atoms with E-state index >= 15 is 0 Å². The van der Waals surface area contributed by atoms with E-state index in [2.05, 4.69) is 0 Å². The number of carbonyl (C=O) groups is 2. The molecule has 0 aromatic carbocycles. The SMILES string of the molecule is CCC1CCC(C)N1C(=O)C(C)C(=O)O. The molecule has 0 radical (unpaired) electrons. The van der Waals surface area contributed by atoms with Gasteiger partial charge < -0.3 is 10.0 Å². The van der Waals surface area contributed by atoms with Crippen LogP contribution in [0.4, 0.5) is 0 Å². The molecule has 15 heavy (non-hydrogen) atoms. The number of likely N-dealkylation sites (tertiary alicyclic amines) is 1.